The van der Waals surface area contributed by atoms with E-state index in [1.807, 2.05) is 32.5 Å². The van der Waals surface area contributed by atoms with E-state index < -0.39 is 0 Å². The number of nitrogens with zero attached hydrogens (tertiary/aromatic N) is 1. The van der Waals surface area contributed by atoms with Gasteiger partial charge in [0, 0.05) is 25.5 Å². The number of rotatable bonds is 5. The lowest BCUT2D eigenvalue weighted by Crippen LogP contribution is -2.11. The van der Waals surface area contributed by atoms with E-state index in [-0.39, 0.29) is 2.85 Å². The molecule has 1 aliphatic heterocycles. The topological polar surface area (TPSA) is 35.3 Å². The largest absolute Gasteiger partial charge is 0.374 e. The molecule has 0 spiro atoms. The quantitative estimate of drug-likeness (QED) is 0.599. The molecule has 2 atom stereocenters. The van der Waals surface area contributed by atoms with Gasteiger partial charge in [-0.15, -0.1) is 0 Å². The molecule has 0 aliphatic carbocycles. The van der Waals surface area contributed by atoms with Crippen LogP contribution in [0.25, 0.3) is 11.3 Å². The molecule has 3 nitrogen and oxygen atoms in total. The lowest BCUT2D eigenvalue weighted by atomic mass is 10.0. The van der Waals surface area contributed by atoms with E-state index in [1.165, 1.54) is 29.5 Å². The molecule has 0 bridgehead atoms. The monoisotopic (exact) mass is 365 g/mol. The van der Waals surface area contributed by atoms with Crippen molar-refractivity contribution in [2.45, 2.75) is 72.3 Å². The molecule has 1 aliphatic rings. The van der Waals surface area contributed by atoms with Crippen molar-refractivity contribution >= 4 is 11.8 Å². The summed E-state index contributed by atoms with van der Waals surface area (Å²) in [5.74, 6) is 2.88. The van der Waals surface area contributed by atoms with Gasteiger partial charge in [-0.25, -0.2) is 0 Å². The first-order chi connectivity index (χ1) is 12.0. The zero-order chi connectivity index (χ0) is 18.4. The molecule has 1 saturated heterocycles. The third-order valence-corrected chi connectivity index (χ3v) is 5.72. The first-order valence-corrected chi connectivity index (χ1v) is 10.5. The maximum absolute atomic E-state index is 5.89. The number of aryl methyl sites for hydroxylation is 3. The number of aromatic nitrogens is 1. The Kier molecular flexibility index (Phi) is 7.57. The van der Waals surface area contributed by atoms with Crippen LogP contribution in [0.3, 0.4) is 0 Å². The van der Waals surface area contributed by atoms with E-state index in [4.69, 9.17) is 9.26 Å². The van der Waals surface area contributed by atoms with Gasteiger partial charge in [0.2, 0.25) is 0 Å². The van der Waals surface area contributed by atoms with Crippen LogP contribution in [0.1, 0.15) is 58.9 Å². The minimum Gasteiger partial charge on any atom is -0.374 e. The molecule has 1 aromatic heterocycles. The van der Waals surface area contributed by atoms with E-state index in [0.717, 1.165) is 28.5 Å². The number of benzene rings is 1. The average Bonchev–Trinajstić information content (AvgIpc) is 3.18. The van der Waals surface area contributed by atoms with E-state index in [9.17, 15) is 0 Å². The fourth-order valence-corrected chi connectivity index (χ4v) is 4.14. The molecule has 1 fully saturated rings. The van der Waals surface area contributed by atoms with Gasteiger partial charge in [-0.3, -0.25) is 0 Å². The Bertz CT molecular complexity index is 691. The summed E-state index contributed by atoms with van der Waals surface area (Å²) in [6.45, 7) is 12.4. The Morgan fingerprint density at radius 2 is 1.92 bits per heavy atom. The van der Waals surface area contributed by atoms with Crippen molar-refractivity contribution in [2.75, 3.05) is 5.75 Å². The van der Waals surface area contributed by atoms with Crippen molar-refractivity contribution in [1.29, 1.82) is 0 Å². The molecule has 2 aromatic rings. The van der Waals surface area contributed by atoms with Crippen molar-refractivity contribution < 1.29 is 12.1 Å². The summed E-state index contributed by atoms with van der Waals surface area (Å²) in [6, 6.07) is 6.45. The predicted octanol–water partition coefficient (Wildman–Crippen LogP) is 6.59. The highest BCUT2D eigenvalue weighted by Gasteiger charge is 2.22. The Morgan fingerprint density at radius 1 is 1.16 bits per heavy atom. The Morgan fingerprint density at radius 3 is 2.56 bits per heavy atom. The number of thioether (sulfide) groups is 1. The van der Waals surface area contributed by atoms with Gasteiger partial charge in [0.1, 0.15) is 0 Å². The zero-order valence-electron chi connectivity index (χ0n) is 16.4. The lowest BCUT2D eigenvalue weighted by molar-refractivity contribution is 0.0700. The highest BCUT2D eigenvalue weighted by molar-refractivity contribution is 7.98. The van der Waals surface area contributed by atoms with Crippen LogP contribution in [0, 0.1) is 20.8 Å². The van der Waals surface area contributed by atoms with E-state index in [1.54, 1.807) is 0 Å². The maximum Gasteiger partial charge on any atom is 0.171 e. The normalized spacial score (nSPS) is 19.6. The molecule has 0 amide bonds. The van der Waals surface area contributed by atoms with Crippen LogP contribution < -0.4 is 0 Å². The number of hydrogen-bond acceptors (Lipinski definition) is 4. The molecule has 142 valence electrons. The van der Waals surface area contributed by atoms with Crippen LogP contribution in [-0.2, 0) is 10.5 Å². The first kappa shape index (κ1) is 20.1. The lowest BCUT2D eigenvalue weighted by Gasteiger charge is -2.10. The van der Waals surface area contributed by atoms with Crippen LogP contribution in [0.4, 0.5) is 0 Å². The van der Waals surface area contributed by atoms with Gasteiger partial charge in [0.05, 0.1) is 17.9 Å². The molecule has 0 saturated carbocycles. The van der Waals surface area contributed by atoms with Gasteiger partial charge < -0.3 is 9.26 Å². The van der Waals surface area contributed by atoms with Gasteiger partial charge >= 0.3 is 0 Å². The zero-order valence-corrected chi connectivity index (χ0v) is 17.2. The second-order valence-electron chi connectivity index (χ2n) is 6.54. The SMILES string of the molecule is CC.Cc1ccc(-c2onc(C)c2CSC[C@@H]2CC[C@H](C)O2)cc1C.[HH].[HH]. The predicted molar refractivity (Wildman–Crippen MR) is 111 cm³/mol. The minimum atomic E-state index is 0. The molecule has 1 aromatic carbocycles. The first-order valence-electron chi connectivity index (χ1n) is 9.30. The van der Waals surface area contributed by atoms with Crippen LogP contribution in [-0.4, -0.2) is 23.1 Å². The second kappa shape index (κ2) is 9.44. The third-order valence-electron chi connectivity index (χ3n) is 4.62. The van der Waals surface area contributed by atoms with Gasteiger partial charge in [-0.05, 0) is 57.7 Å². The summed E-state index contributed by atoms with van der Waals surface area (Å²) < 4.78 is 11.5. The molecule has 0 radical (unpaired) electrons. The van der Waals surface area contributed by atoms with E-state index in [0.29, 0.717) is 12.2 Å². The molecule has 0 unspecified atom stereocenters. The second-order valence-corrected chi connectivity index (χ2v) is 7.57. The summed E-state index contributed by atoms with van der Waals surface area (Å²) in [5.41, 5.74) is 5.91. The summed E-state index contributed by atoms with van der Waals surface area (Å²) in [5, 5.41) is 4.19. The third kappa shape index (κ3) is 5.11. The van der Waals surface area contributed by atoms with E-state index >= 15 is 0 Å². The van der Waals surface area contributed by atoms with Gasteiger partial charge in [-0.2, -0.15) is 11.8 Å². The standard InChI is InChI=1S/C19H25NO2S.C2H6.2H2/c1-12-5-7-16(9-13(12)2)19-18(15(4)20-22-19)11-23-10-17-8-6-14(3)21-17;1-2;;/h5,7,9,14,17H,6,8,10-11H2,1-4H3;1-2H3;2*1H/t14-,17-;;;/m0.../s1. The Labute approximate surface area is 159 Å². The molecule has 4 heteroatoms. The smallest absolute Gasteiger partial charge is 0.171 e. The van der Waals surface area contributed by atoms with Gasteiger partial charge in [-0.1, -0.05) is 31.1 Å². The summed E-state index contributed by atoms with van der Waals surface area (Å²) in [7, 11) is 0. The number of hydrogen-bond donors (Lipinski definition) is 0. The summed E-state index contributed by atoms with van der Waals surface area (Å²) in [6.07, 6.45) is 3.19. The summed E-state index contributed by atoms with van der Waals surface area (Å²) >= 11 is 1.92. The van der Waals surface area contributed by atoms with Gasteiger partial charge in [0.15, 0.2) is 5.76 Å². The average molecular weight is 366 g/mol. The molecular formula is C21H35NO2S. The number of ether oxygens (including phenoxy) is 1. The molecule has 25 heavy (non-hydrogen) atoms. The fraction of sp³-hybridized carbons (Fsp3) is 0.571. The van der Waals surface area contributed by atoms with Crippen LogP contribution in [0.15, 0.2) is 22.7 Å². The van der Waals surface area contributed by atoms with Gasteiger partial charge in [0.25, 0.3) is 0 Å². The maximum atomic E-state index is 5.89. The van der Waals surface area contributed by atoms with E-state index in [2.05, 4.69) is 44.1 Å². The van der Waals surface area contributed by atoms with Crippen molar-refractivity contribution in [1.82, 2.24) is 5.16 Å². The van der Waals surface area contributed by atoms with Crippen molar-refractivity contribution in [2.24, 2.45) is 0 Å². The fourth-order valence-electron chi connectivity index (χ4n) is 2.97. The van der Waals surface area contributed by atoms with Crippen molar-refractivity contribution in [3.8, 4) is 11.3 Å². The molecule has 3 rings (SSSR count). The highest BCUT2D eigenvalue weighted by atomic mass is 32.2. The minimum absolute atomic E-state index is 0. The van der Waals surface area contributed by atoms with Crippen LogP contribution >= 0.6 is 11.8 Å². The highest BCUT2D eigenvalue weighted by Crippen LogP contribution is 2.32. The van der Waals surface area contributed by atoms with Crippen molar-refractivity contribution in [3.05, 3.63) is 40.6 Å². The van der Waals surface area contributed by atoms with Crippen LogP contribution in [0.5, 0.6) is 0 Å². The van der Waals surface area contributed by atoms with Crippen LogP contribution in [0.2, 0.25) is 0 Å². The summed E-state index contributed by atoms with van der Waals surface area (Å²) in [4.78, 5) is 0. The molecule has 0 N–H and O–H groups in total. The molecular weight excluding hydrogens is 330 g/mol. The Balaban J connectivity index is 0.00000164. The molecule has 2 heterocycles. The Hall–Kier alpha value is -1.26. The van der Waals surface area contributed by atoms with Crippen molar-refractivity contribution in [3.63, 3.8) is 0 Å².